The Morgan fingerprint density at radius 2 is 0.911 bits per heavy atom. The normalized spacial score (nSPS) is 19.2. The Kier molecular flexibility index (Phi) is 52.6. The number of amides is 1. The molecule has 11 heteroatoms. The molecule has 0 aromatic heterocycles. The second kappa shape index (κ2) is 55.9. The summed E-state index contributed by atoms with van der Waals surface area (Å²) in [6, 6.07) is -1.04. The summed E-state index contributed by atoms with van der Waals surface area (Å²) < 4.78 is 17.6. The molecule has 0 aliphatic carbocycles. The summed E-state index contributed by atoms with van der Waals surface area (Å²) in [5.74, 6) is -1.21. The van der Waals surface area contributed by atoms with Crippen molar-refractivity contribution in [3.05, 3.63) is 60.8 Å². The number of carbonyl (C=O) groups is 2. The summed E-state index contributed by atoms with van der Waals surface area (Å²) in [4.78, 5) is 26.6. The van der Waals surface area contributed by atoms with Gasteiger partial charge in [0.15, 0.2) is 12.4 Å². The van der Waals surface area contributed by atoms with Crippen molar-refractivity contribution in [3.63, 3.8) is 0 Å². The molecule has 1 amide bonds. The predicted octanol–water partition coefficient (Wildman–Crippen LogP) is 16.2. The summed E-state index contributed by atoms with van der Waals surface area (Å²) in [6.45, 7) is 5.67. The number of rotatable bonds is 56. The first kappa shape index (κ1) is 74.4. The van der Waals surface area contributed by atoms with Gasteiger partial charge in [0.1, 0.15) is 24.4 Å². The molecule has 6 N–H and O–H groups in total. The van der Waals surface area contributed by atoms with Crippen molar-refractivity contribution in [1.82, 2.24) is 5.32 Å². The van der Waals surface area contributed by atoms with Gasteiger partial charge in [-0.1, -0.05) is 268 Å². The standard InChI is InChI=1S/C68H123NO10/c1-4-7-10-13-16-19-22-25-26-27-28-29-30-31-32-33-34-35-36-38-41-44-47-50-53-56-63(73)79-66-65(75)64(74)62(57-70)78-68(66)77-58-59(60(71)54-51-48-45-42-39-24-21-18-15-12-9-6-3)69-67(76)61(72)55-52-49-46-43-40-37-23-20-17-14-11-8-5-2/h8,11,17,20,25-26,37,40,51,54,59-62,64-66,68,70-72,74-75H,4-7,9-10,12-16,18-19,21-24,27-36,38-39,41-50,52-53,55-58H2,1-3H3,(H,69,76)/b11-8+,20-17+,26-25+,40-37+,54-51+. The van der Waals surface area contributed by atoms with E-state index in [0.29, 0.717) is 12.8 Å². The van der Waals surface area contributed by atoms with Crippen molar-refractivity contribution in [3.8, 4) is 0 Å². The fraction of sp³-hybridized carbons (Fsp3) is 0.824. The van der Waals surface area contributed by atoms with E-state index in [2.05, 4.69) is 74.7 Å². The van der Waals surface area contributed by atoms with Gasteiger partial charge in [-0.15, -0.1) is 0 Å². The Balaban J connectivity index is 2.57. The minimum Gasteiger partial charge on any atom is -0.454 e. The minimum absolute atomic E-state index is 0.122. The molecule has 0 bridgehead atoms. The van der Waals surface area contributed by atoms with E-state index in [1.54, 1.807) is 6.08 Å². The molecule has 1 aliphatic heterocycles. The molecule has 0 radical (unpaired) electrons. The van der Waals surface area contributed by atoms with Crippen LogP contribution in [0.3, 0.4) is 0 Å². The number of hydrogen-bond acceptors (Lipinski definition) is 10. The van der Waals surface area contributed by atoms with Crippen LogP contribution in [0.15, 0.2) is 60.8 Å². The SMILES string of the molecule is CC/C=C/C/C=C/C/C=C/CCCCCC(O)C(=O)NC(COC1OC(CO)C(O)C(O)C1OC(=O)CCCCCCCCCCCCCCCCC/C=C/CCCCCCCC)C(O)/C=C/CCCCCCCCCCCC. The van der Waals surface area contributed by atoms with Crippen molar-refractivity contribution in [2.45, 2.75) is 346 Å². The maximum Gasteiger partial charge on any atom is 0.306 e. The molecule has 460 valence electrons. The molecule has 8 unspecified atom stereocenters. The van der Waals surface area contributed by atoms with E-state index in [0.717, 1.165) is 77.0 Å². The molecule has 1 saturated heterocycles. The van der Waals surface area contributed by atoms with Crippen LogP contribution < -0.4 is 5.32 Å². The van der Waals surface area contributed by atoms with Crippen LogP contribution in [0.25, 0.3) is 0 Å². The molecule has 0 aromatic carbocycles. The largest absolute Gasteiger partial charge is 0.454 e. The first-order valence-corrected chi connectivity index (χ1v) is 33.1. The highest BCUT2D eigenvalue weighted by Crippen LogP contribution is 2.26. The third kappa shape index (κ3) is 43.7. The molecule has 0 spiro atoms. The first-order chi connectivity index (χ1) is 38.7. The smallest absolute Gasteiger partial charge is 0.306 e. The van der Waals surface area contributed by atoms with Gasteiger partial charge in [-0.3, -0.25) is 9.59 Å². The fourth-order valence-corrected chi connectivity index (χ4v) is 10.2. The van der Waals surface area contributed by atoms with Crippen molar-refractivity contribution < 1.29 is 49.3 Å². The highest BCUT2D eigenvalue weighted by atomic mass is 16.7. The van der Waals surface area contributed by atoms with Crippen LogP contribution in [0.2, 0.25) is 0 Å². The topological polar surface area (TPSA) is 175 Å². The van der Waals surface area contributed by atoms with Gasteiger partial charge in [0.05, 0.1) is 25.4 Å². The molecule has 0 saturated carbocycles. The van der Waals surface area contributed by atoms with Crippen LogP contribution in [0.5, 0.6) is 0 Å². The fourth-order valence-electron chi connectivity index (χ4n) is 10.2. The highest BCUT2D eigenvalue weighted by molar-refractivity contribution is 5.80. The van der Waals surface area contributed by atoms with Crippen LogP contribution in [0.1, 0.15) is 297 Å². The van der Waals surface area contributed by atoms with Crippen LogP contribution in [0, 0.1) is 0 Å². The lowest BCUT2D eigenvalue weighted by molar-refractivity contribution is -0.305. The first-order valence-electron chi connectivity index (χ1n) is 33.1. The van der Waals surface area contributed by atoms with Crippen molar-refractivity contribution in [2.24, 2.45) is 0 Å². The zero-order chi connectivity index (χ0) is 57.5. The van der Waals surface area contributed by atoms with Crippen molar-refractivity contribution in [2.75, 3.05) is 13.2 Å². The van der Waals surface area contributed by atoms with Crippen LogP contribution in [-0.2, 0) is 23.8 Å². The zero-order valence-corrected chi connectivity index (χ0v) is 51.0. The molecule has 8 atom stereocenters. The Bertz CT molecular complexity index is 1510. The number of aliphatic hydroxyl groups is 5. The molecule has 1 fully saturated rings. The van der Waals surface area contributed by atoms with Gasteiger partial charge in [-0.05, 0) is 83.5 Å². The van der Waals surface area contributed by atoms with Gasteiger partial charge in [-0.25, -0.2) is 0 Å². The van der Waals surface area contributed by atoms with Gasteiger partial charge in [-0.2, -0.15) is 0 Å². The number of esters is 1. The van der Waals surface area contributed by atoms with E-state index in [1.165, 1.54) is 173 Å². The van der Waals surface area contributed by atoms with Crippen molar-refractivity contribution >= 4 is 11.9 Å². The third-order valence-corrected chi connectivity index (χ3v) is 15.4. The summed E-state index contributed by atoms with van der Waals surface area (Å²) in [5.41, 5.74) is 0. The number of allylic oxidation sites excluding steroid dienone is 9. The lowest BCUT2D eigenvalue weighted by Gasteiger charge is -2.41. The summed E-state index contributed by atoms with van der Waals surface area (Å²) in [6.07, 6.45) is 59.9. The summed E-state index contributed by atoms with van der Waals surface area (Å²) in [5, 5.41) is 57.0. The van der Waals surface area contributed by atoms with E-state index >= 15 is 0 Å². The lowest BCUT2D eigenvalue weighted by atomic mass is 9.99. The van der Waals surface area contributed by atoms with Gasteiger partial charge in [0.25, 0.3) is 0 Å². The highest BCUT2D eigenvalue weighted by Gasteiger charge is 2.47. The minimum atomic E-state index is -1.62. The maximum absolute atomic E-state index is 13.4. The van der Waals surface area contributed by atoms with Gasteiger partial charge < -0.3 is 45.1 Å². The number of hydrogen-bond donors (Lipinski definition) is 6. The molecular weight excluding hydrogens is 991 g/mol. The summed E-state index contributed by atoms with van der Waals surface area (Å²) in [7, 11) is 0. The Morgan fingerprint density at radius 1 is 0.506 bits per heavy atom. The van der Waals surface area contributed by atoms with Gasteiger partial charge in [0.2, 0.25) is 5.91 Å². The average Bonchev–Trinajstić information content (AvgIpc) is 3.46. The van der Waals surface area contributed by atoms with E-state index in [4.69, 9.17) is 14.2 Å². The number of ether oxygens (including phenoxy) is 3. The predicted molar refractivity (Wildman–Crippen MR) is 329 cm³/mol. The van der Waals surface area contributed by atoms with Gasteiger partial charge >= 0.3 is 5.97 Å². The zero-order valence-electron chi connectivity index (χ0n) is 51.0. The maximum atomic E-state index is 13.4. The number of carbonyl (C=O) groups excluding carboxylic acids is 2. The van der Waals surface area contributed by atoms with Gasteiger partial charge in [0, 0.05) is 6.42 Å². The Hall–Kier alpha value is -2.64. The average molecular weight is 1110 g/mol. The molecule has 11 nitrogen and oxygen atoms in total. The second-order valence-electron chi connectivity index (χ2n) is 22.8. The van der Waals surface area contributed by atoms with E-state index in [-0.39, 0.29) is 19.4 Å². The van der Waals surface area contributed by atoms with E-state index in [1.807, 2.05) is 6.08 Å². The second-order valence-corrected chi connectivity index (χ2v) is 22.8. The monoisotopic (exact) mass is 1110 g/mol. The van der Waals surface area contributed by atoms with Crippen LogP contribution in [-0.4, -0.2) is 99.6 Å². The molecule has 1 heterocycles. The molecular formula is C68H123NO10. The third-order valence-electron chi connectivity index (χ3n) is 15.4. The quantitative estimate of drug-likeness (QED) is 0.0195. The Labute approximate surface area is 484 Å². The van der Waals surface area contributed by atoms with Crippen molar-refractivity contribution in [1.29, 1.82) is 0 Å². The lowest BCUT2D eigenvalue weighted by Crippen LogP contribution is -2.61. The number of aliphatic hydroxyl groups excluding tert-OH is 5. The molecule has 79 heavy (non-hydrogen) atoms. The number of unbranched alkanes of at least 4 members (excludes halogenated alkanes) is 34. The Morgan fingerprint density at radius 3 is 1.38 bits per heavy atom. The number of nitrogens with one attached hydrogen (secondary N) is 1. The molecule has 1 rings (SSSR count). The molecule has 1 aliphatic rings. The van der Waals surface area contributed by atoms with E-state index in [9.17, 15) is 35.1 Å². The van der Waals surface area contributed by atoms with E-state index < -0.39 is 67.4 Å². The van der Waals surface area contributed by atoms with Crippen LogP contribution >= 0.6 is 0 Å². The van der Waals surface area contributed by atoms with Crippen LogP contribution in [0.4, 0.5) is 0 Å². The summed E-state index contributed by atoms with van der Waals surface area (Å²) >= 11 is 0. The molecule has 0 aromatic rings.